The second-order valence-corrected chi connectivity index (χ2v) is 11.2. The van der Waals surface area contributed by atoms with Crippen LogP contribution in [-0.4, -0.2) is 76.7 Å². The van der Waals surface area contributed by atoms with E-state index in [0.29, 0.717) is 59.2 Å². The molecule has 2 aromatic heterocycles. The minimum Gasteiger partial charge on any atom is -0.491 e. The van der Waals surface area contributed by atoms with Crippen molar-refractivity contribution in [3.8, 4) is 28.4 Å². The van der Waals surface area contributed by atoms with Crippen molar-refractivity contribution in [1.82, 2.24) is 25.3 Å². The molecule has 2 fully saturated rings. The zero-order valence-electron chi connectivity index (χ0n) is 23.0. The summed E-state index contributed by atoms with van der Waals surface area (Å²) in [6.45, 7) is 7.69. The van der Waals surface area contributed by atoms with Gasteiger partial charge in [-0.15, -0.1) is 0 Å². The molecule has 5 rings (SSSR count). The van der Waals surface area contributed by atoms with Crippen molar-refractivity contribution in [3.05, 3.63) is 45.9 Å². The zero-order chi connectivity index (χ0) is 27.7. The van der Waals surface area contributed by atoms with E-state index in [1.54, 1.807) is 25.2 Å². The molecule has 0 unspecified atom stereocenters. The number of nitrogens with zero attached hydrogens (tertiary/aromatic N) is 4. The Bertz CT molecular complexity index is 1290. The Morgan fingerprint density at radius 3 is 2.69 bits per heavy atom. The van der Waals surface area contributed by atoms with Crippen LogP contribution in [0.2, 0.25) is 5.02 Å². The van der Waals surface area contributed by atoms with Gasteiger partial charge in [-0.05, 0) is 89.7 Å². The van der Waals surface area contributed by atoms with Gasteiger partial charge in [0.25, 0.3) is 0 Å². The van der Waals surface area contributed by atoms with Crippen LogP contribution in [0.4, 0.5) is 4.39 Å². The molecule has 210 valence electrons. The molecule has 3 atom stereocenters. The summed E-state index contributed by atoms with van der Waals surface area (Å²) in [5.74, 6) is 1.53. The first-order chi connectivity index (χ1) is 18.7. The maximum Gasteiger partial charge on any atom is 0.161 e. The molecular formula is C29H37ClFN5O3. The average Bonchev–Trinajstić information content (AvgIpc) is 3.71. The summed E-state index contributed by atoms with van der Waals surface area (Å²) in [5.41, 5.74) is 4.55. The summed E-state index contributed by atoms with van der Waals surface area (Å²) in [7, 11) is 1.77. The fourth-order valence-electron chi connectivity index (χ4n) is 5.43. The molecule has 2 aliphatic rings. The molecule has 39 heavy (non-hydrogen) atoms. The summed E-state index contributed by atoms with van der Waals surface area (Å²) in [4.78, 5) is 12.2. The van der Waals surface area contributed by atoms with E-state index in [0.717, 1.165) is 35.5 Å². The molecule has 1 aliphatic carbocycles. The van der Waals surface area contributed by atoms with Crippen LogP contribution >= 0.6 is 11.6 Å². The number of likely N-dealkylation sites (N-methyl/N-ethyl adjacent to an activating group) is 1. The van der Waals surface area contributed by atoms with Crippen molar-refractivity contribution in [1.29, 1.82) is 0 Å². The minimum atomic E-state index is -0.899. The SMILES string of the molecule is CNC[C@@H](O)COc1ccc(Cl)c(-c2nc(C[C@@H]3CCN(C4CC4)C[C@@H]3F)c(C)c(-c3c(C)noc3C)n2)c1. The predicted octanol–water partition coefficient (Wildman–Crippen LogP) is 4.70. The Morgan fingerprint density at radius 1 is 1.23 bits per heavy atom. The summed E-state index contributed by atoms with van der Waals surface area (Å²) in [6.07, 6.45) is 2.14. The Morgan fingerprint density at radius 2 is 2.03 bits per heavy atom. The van der Waals surface area contributed by atoms with Crippen LogP contribution in [-0.2, 0) is 6.42 Å². The van der Waals surface area contributed by atoms with Gasteiger partial charge in [0.05, 0.1) is 22.0 Å². The number of hydrogen-bond donors (Lipinski definition) is 2. The number of hydrogen-bond acceptors (Lipinski definition) is 8. The molecule has 3 heterocycles. The first-order valence-electron chi connectivity index (χ1n) is 13.7. The lowest BCUT2D eigenvalue weighted by Crippen LogP contribution is -2.43. The number of piperidine rings is 1. The maximum absolute atomic E-state index is 15.4. The van der Waals surface area contributed by atoms with Crippen LogP contribution in [0.15, 0.2) is 22.7 Å². The van der Waals surface area contributed by atoms with Gasteiger partial charge in [0.15, 0.2) is 5.82 Å². The normalized spacial score (nSPS) is 20.8. The van der Waals surface area contributed by atoms with Crippen LogP contribution in [0.3, 0.4) is 0 Å². The summed E-state index contributed by atoms with van der Waals surface area (Å²) >= 11 is 6.65. The van der Waals surface area contributed by atoms with Crippen molar-refractivity contribution >= 4 is 11.6 Å². The van der Waals surface area contributed by atoms with Crippen molar-refractivity contribution in [2.45, 2.75) is 64.8 Å². The molecule has 1 aromatic carbocycles. The van der Waals surface area contributed by atoms with E-state index < -0.39 is 12.3 Å². The van der Waals surface area contributed by atoms with Crippen LogP contribution < -0.4 is 10.1 Å². The number of ether oxygens (including phenoxy) is 1. The van der Waals surface area contributed by atoms with Crippen LogP contribution in [0.5, 0.6) is 5.75 Å². The molecular weight excluding hydrogens is 521 g/mol. The Balaban J connectivity index is 1.50. The number of nitrogens with one attached hydrogen (secondary N) is 1. The number of halogens is 2. The smallest absolute Gasteiger partial charge is 0.161 e. The molecule has 10 heteroatoms. The molecule has 1 aliphatic heterocycles. The lowest BCUT2D eigenvalue weighted by Gasteiger charge is -2.35. The van der Waals surface area contributed by atoms with Gasteiger partial charge < -0.3 is 19.7 Å². The first kappa shape index (κ1) is 28.0. The third-order valence-electron chi connectivity index (χ3n) is 7.80. The molecule has 1 saturated carbocycles. The van der Waals surface area contributed by atoms with E-state index in [-0.39, 0.29) is 12.5 Å². The van der Waals surface area contributed by atoms with E-state index in [1.165, 1.54) is 12.8 Å². The van der Waals surface area contributed by atoms with E-state index >= 15 is 4.39 Å². The van der Waals surface area contributed by atoms with Crippen molar-refractivity contribution < 1.29 is 18.8 Å². The van der Waals surface area contributed by atoms with E-state index in [1.807, 2.05) is 20.8 Å². The third kappa shape index (κ3) is 6.27. The van der Waals surface area contributed by atoms with E-state index in [4.69, 9.17) is 30.8 Å². The molecule has 1 saturated heterocycles. The monoisotopic (exact) mass is 557 g/mol. The number of aliphatic hydroxyl groups is 1. The largest absolute Gasteiger partial charge is 0.491 e. The van der Waals surface area contributed by atoms with Crippen LogP contribution in [0.25, 0.3) is 22.6 Å². The average molecular weight is 558 g/mol. The Hall–Kier alpha value is -2.59. The van der Waals surface area contributed by atoms with Gasteiger partial charge in [-0.25, -0.2) is 14.4 Å². The van der Waals surface area contributed by atoms with E-state index in [9.17, 15) is 5.11 Å². The third-order valence-corrected chi connectivity index (χ3v) is 8.13. The number of rotatable bonds is 10. The van der Waals surface area contributed by atoms with Crippen LogP contribution in [0, 0.1) is 26.7 Å². The quantitative estimate of drug-likeness (QED) is 0.370. The van der Waals surface area contributed by atoms with Crippen molar-refractivity contribution in [2.75, 3.05) is 33.3 Å². The highest BCUT2D eigenvalue weighted by Crippen LogP contribution is 2.37. The van der Waals surface area contributed by atoms with Crippen molar-refractivity contribution in [3.63, 3.8) is 0 Å². The van der Waals surface area contributed by atoms with Gasteiger partial charge in [0, 0.05) is 30.4 Å². The number of aromatic nitrogens is 3. The second-order valence-electron chi connectivity index (χ2n) is 10.8. The molecule has 0 spiro atoms. The standard InChI is InChI=1S/C29H37ClFN5O3/c1-16-26(11-19-9-10-36(14-25(19)31)20-5-6-20)33-29(34-28(16)27-17(2)35-39-18(27)3)23-12-22(7-8-24(23)30)38-15-21(37)13-32-4/h7-8,12,19-21,25,32,37H,5-6,9-11,13-15H2,1-4H3/t19-,21+,25-/m0/s1. The number of aryl methyl sites for hydroxylation is 2. The summed E-state index contributed by atoms with van der Waals surface area (Å²) in [6, 6.07) is 5.84. The zero-order valence-corrected chi connectivity index (χ0v) is 23.8. The van der Waals surface area contributed by atoms with Gasteiger partial charge >= 0.3 is 0 Å². The fourth-order valence-corrected chi connectivity index (χ4v) is 5.63. The first-order valence-corrected chi connectivity index (χ1v) is 14.1. The molecule has 0 amide bonds. The summed E-state index contributed by atoms with van der Waals surface area (Å²) < 4.78 is 26.7. The maximum atomic E-state index is 15.4. The molecule has 0 bridgehead atoms. The van der Waals surface area contributed by atoms with Gasteiger partial charge in [-0.2, -0.15) is 0 Å². The highest BCUT2D eigenvalue weighted by Gasteiger charge is 2.37. The Kier molecular flexibility index (Phi) is 8.52. The van der Waals surface area contributed by atoms with Gasteiger partial charge in [-0.3, -0.25) is 4.90 Å². The highest BCUT2D eigenvalue weighted by molar-refractivity contribution is 6.33. The van der Waals surface area contributed by atoms with Gasteiger partial charge in [0.1, 0.15) is 30.4 Å². The minimum absolute atomic E-state index is 0.113. The number of benzene rings is 1. The van der Waals surface area contributed by atoms with Crippen molar-refractivity contribution in [2.24, 2.45) is 5.92 Å². The molecule has 3 aromatic rings. The van der Waals surface area contributed by atoms with Gasteiger partial charge in [0.2, 0.25) is 0 Å². The molecule has 0 radical (unpaired) electrons. The lowest BCUT2D eigenvalue weighted by molar-refractivity contribution is 0.0792. The topological polar surface area (TPSA) is 96.5 Å². The number of likely N-dealkylation sites (tertiary alicyclic amines) is 1. The Labute approximate surface area is 233 Å². The number of aliphatic hydroxyl groups excluding tert-OH is 1. The lowest BCUT2D eigenvalue weighted by atomic mass is 9.88. The van der Waals surface area contributed by atoms with Gasteiger partial charge in [-0.1, -0.05) is 16.8 Å². The number of alkyl halides is 1. The second kappa shape index (κ2) is 11.9. The van der Waals surface area contributed by atoms with E-state index in [2.05, 4.69) is 15.4 Å². The fraction of sp³-hybridized carbons (Fsp3) is 0.552. The molecule has 2 N–H and O–H groups in total. The summed E-state index contributed by atoms with van der Waals surface area (Å²) in [5, 5.41) is 17.6. The highest BCUT2D eigenvalue weighted by atomic mass is 35.5. The van der Waals surface area contributed by atoms with Crippen LogP contribution in [0.1, 0.15) is 42.0 Å². The predicted molar refractivity (Wildman–Crippen MR) is 149 cm³/mol. The molecule has 8 nitrogen and oxygen atoms in total.